The molecule has 1 aromatic carbocycles. The second kappa shape index (κ2) is 8.09. The van der Waals surface area contributed by atoms with Gasteiger partial charge in [0, 0.05) is 13.1 Å². The molecule has 0 spiro atoms. The number of likely N-dealkylation sites (N-methyl/N-ethyl adjacent to an activating group) is 1. The molecule has 0 heterocycles. The van der Waals surface area contributed by atoms with E-state index in [9.17, 15) is 0 Å². The lowest BCUT2D eigenvalue weighted by Crippen LogP contribution is -2.24. The van der Waals surface area contributed by atoms with Crippen LogP contribution in [-0.4, -0.2) is 38.7 Å². The minimum atomic E-state index is 0.752. The van der Waals surface area contributed by atoms with Crippen molar-refractivity contribution in [3.8, 4) is 5.75 Å². The van der Waals surface area contributed by atoms with Crippen LogP contribution in [0.4, 0.5) is 0 Å². The molecule has 1 N–H and O–H groups in total. The summed E-state index contributed by atoms with van der Waals surface area (Å²) in [6.07, 6.45) is 1.19. The molecule has 1 rings (SSSR count). The van der Waals surface area contributed by atoms with Crippen molar-refractivity contribution in [1.82, 2.24) is 10.2 Å². The van der Waals surface area contributed by atoms with Gasteiger partial charge in [-0.3, -0.25) is 0 Å². The summed E-state index contributed by atoms with van der Waals surface area (Å²) in [5.74, 6) is 0.953. The summed E-state index contributed by atoms with van der Waals surface area (Å²) in [6, 6.07) is 8.27. The molecule has 0 amide bonds. The van der Waals surface area contributed by atoms with Crippen LogP contribution in [0.1, 0.15) is 18.9 Å². The predicted octanol–water partition coefficient (Wildman–Crippen LogP) is 2.13. The molecule has 3 nitrogen and oxygen atoms in total. The second-order valence-electron chi connectivity index (χ2n) is 4.33. The third kappa shape index (κ3) is 5.71. The van der Waals surface area contributed by atoms with E-state index in [1.54, 1.807) is 0 Å². The summed E-state index contributed by atoms with van der Waals surface area (Å²) in [7, 11) is 4.08. The fourth-order valence-electron chi connectivity index (χ4n) is 1.72. The summed E-state index contributed by atoms with van der Waals surface area (Å²) >= 11 is 0. The van der Waals surface area contributed by atoms with E-state index < -0.39 is 0 Å². The van der Waals surface area contributed by atoms with Gasteiger partial charge in [0.2, 0.25) is 0 Å². The van der Waals surface area contributed by atoms with Gasteiger partial charge in [-0.25, -0.2) is 0 Å². The number of rotatable bonds is 8. The highest BCUT2D eigenvalue weighted by molar-refractivity contribution is 5.27. The molecule has 0 aliphatic heterocycles. The third-order valence-electron chi connectivity index (χ3n) is 2.65. The molecule has 0 fully saturated rings. The van der Waals surface area contributed by atoms with Gasteiger partial charge < -0.3 is 15.0 Å². The van der Waals surface area contributed by atoms with Gasteiger partial charge in [-0.15, -0.1) is 0 Å². The predicted molar refractivity (Wildman–Crippen MR) is 72.5 cm³/mol. The number of ether oxygens (including phenoxy) is 1. The highest BCUT2D eigenvalue weighted by Gasteiger charge is 1.98. The summed E-state index contributed by atoms with van der Waals surface area (Å²) in [5, 5.41) is 3.13. The van der Waals surface area contributed by atoms with Crippen molar-refractivity contribution >= 4 is 0 Å². The molecule has 3 heteroatoms. The van der Waals surface area contributed by atoms with E-state index in [-0.39, 0.29) is 0 Å². The molecule has 17 heavy (non-hydrogen) atoms. The Morgan fingerprint density at radius 2 is 1.88 bits per heavy atom. The van der Waals surface area contributed by atoms with E-state index in [0.717, 1.165) is 32.0 Å². The molecule has 0 radical (unpaired) electrons. The zero-order valence-corrected chi connectivity index (χ0v) is 11.2. The van der Waals surface area contributed by atoms with Crippen LogP contribution in [0.25, 0.3) is 0 Å². The smallest absolute Gasteiger partial charge is 0.119 e. The highest BCUT2D eigenvalue weighted by atomic mass is 16.5. The lowest BCUT2D eigenvalue weighted by molar-refractivity contribution is 0.237. The van der Waals surface area contributed by atoms with Gasteiger partial charge >= 0.3 is 0 Å². The summed E-state index contributed by atoms with van der Waals surface area (Å²) in [6.45, 7) is 5.95. The Hall–Kier alpha value is -1.06. The van der Waals surface area contributed by atoms with Crippen molar-refractivity contribution < 1.29 is 4.74 Å². The number of nitrogens with one attached hydrogen (secondary N) is 1. The van der Waals surface area contributed by atoms with E-state index in [0.29, 0.717) is 0 Å². The summed E-state index contributed by atoms with van der Waals surface area (Å²) in [4.78, 5) is 2.29. The molecule has 0 aliphatic carbocycles. The van der Waals surface area contributed by atoms with Gasteiger partial charge in [-0.2, -0.15) is 0 Å². The minimum absolute atomic E-state index is 0.752. The van der Waals surface area contributed by atoms with Crippen LogP contribution in [0.3, 0.4) is 0 Å². The zero-order chi connectivity index (χ0) is 12.5. The van der Waals surface area contributed by atoms with E-state index >= 15 is 0 Å². The molecule has 0 aromatic heterocycles. The van der Waals surface area contributed by atoms with Gasteiger partial charge in [0.25, 0.3) is 0 Å². The van der Waals surface area contributed by atoms with Crippen molar-refractivity contribution in [3.63, 3.8) is 0 Å². The van der Waals surface area contributed by atoms with Gasteiger partial charge in [-0.05, 0) is 44.8 Å². The van der Waals surface area contributed by atoms with Gasteiger partial charge in [0.05, 0.1) is 0 Å². The Kier molecular flexibility index (Phi) is 6.67. The lowest BCUT2D eigenvalue weighted by Gasteiger charge is -2.15. The van der Waals surface area contributed by atoms with Gasteiger partial charge in [0.15, 0.2) is 0 Å². The molecule has 1 aromatic rings. The average Bonchev–Trinajstić information content (AvgIpc) is 2.32. The zero-order valence-electron chi connectivity index (χ0n) is 11.2. The number of nitrogens with zero attached hydrogens (tertiary/aromatic N) is 1. The van der Waals surface area contributed by atoms with Crippen LogP contribution in [0.5, 0.6) is 5.75 Å². The Bertz CT molecular complexity index is 298. The maximum atomic E-state index is 5.69. The van der Waals surface area contributed by atoms with E-state index in [2.05, 4.69) is 36.3 Å². The fourth-order valence-corrected chi connectivity index (χ4v) is 1.72. The first kappa shape index (κ1) is 14.0. The van der Waals surface area contributed by atoms with Gasteiger partial charge in [0.1, 0.15) is 12.4 Å². The van der Waals surface area contributed by atoms with Crippen LogP contribution in [0, 0.1) is 0 Å². The van der Waals surface area contributed by atoms with Crippen LogP contribution in [0.2, 0.25) is 0 Å². The molecular formula is C14H24N2O. The van der Waals surface area contributed by atoms with Crippen LogP contribution in [-0.2, 0) is 6.54 Å². The van der Waals surface area contributed by atoms with Crippen molar-refractivity contribution in [2.75, 3.05) is 33.8 Å². The molecule has 96 valence electrons. The Morgan fingerprint density at radius 1 is 1.18 bits per heavy atom. The highest BCUT2D eigenvalue weighted by Crippen LogP contribution is 2.11. The Labute approximate surface area is 105 Å². The first-order valence-electron chi connectivity index (χ1n) is 6.31. The van der Waals surface area contributed by atoms with E-state index in [4.69, 9.17) is 4.74 Å². The van der Waals surface area contributed by atoms with Crippen molar-refractivity contribution in [1.29, 1.82) is 0 Å². The fraction of sp³-hybridized carbons (Fsp3) is 0.571. The second-order valence-corrected chi connectivity index (χ2v) is 4.33. The first-order valence-corrected chi connectivity index (χ1v) is 6.31. The molecule has 0 bridgehead atoms. The summed E-state index contributed by atoms with van der Waals surface area (Å²) < 4.78 is 5.69. The number of hydrogen-bond donors (Lipinski definition) is 1. The average molecular weight is 236 g/mol. The monoisotopic (exact) mass is 236 g/mol. The van der Waals surface area contributed by atoms with Crippen LogP contribution in [0.15, 0.2) is 24.3 Å². The minimum Gasteiger partial charge on any atom is -0.492 e. The molecular weight excluding hydrogens is 212 g/mol. The molecule has 0 unspecified atom stereocenters. The molecule has 0 saturated carbocycles. The standard InChI is InChI=1S/C14H24N2O/c1-4-9-16(3)10-11-17-14-7-5-13(6-8-14)12-15-2/h5-8,15H,4,9-12H2,1-3H3. The molecule has 0 aliphatic rings. The van der Waals surface area contributed by atoms with E-state index in [1.165, 1.54) is 12.0 Å². The lowest BCUT2D eigenvalue weighted by atomic mass is 10.2. The molecule has 0 saturated heterocycles. The van der Waals surface area contributed by atoms with Crippen molar-refractivity contribution in [2.45, 2.75) is 19.9 Å². The van der Waals surface area contributed by atoms with Crippen LogP contribution < -0.4 is 10.1 Å². The van der Waals surface area contributed by atoms with Gasteiger partial charge in [-0.1, -0.05) is 19.1 Å². The Balaban J connectivity index is 2.27. The normalized spacial score (nSPS) is 10.8. The first-order chi connectivity index (χ1) is 8.26. The Morgan fingerprint density at radius 3 is 2.47 bits per heavy atom. The maximum absolute atomic E-state index is 5.69. The largest absolute Gasteiger partial charge is 0.492 e. The van der Waals surface area contributed by atoms with E-state index in [1.807, 2.05) is 19.2 Å². The molecule has 0 atom stereocenters. The SMILES string of the molecule is CCCN(C)CCOc1ccc(CNC)cc1. The van der Waals surface area contributed by atoms with Crippen molar-refractivity contribution in [2.24, 2.45) is 0 Å². The maximum Gasteiger partial charge on any atom is 0.119 e. The number of benzene rings is 1. The topological polar surface area (TPSA) is 24.5 Å². The van der Waals surface area contributed by atoms with Crippen molar-refractivity contribution in [3.05, 3.63) is 29.8 Å². The quantitative estimate of drug-likeness (QED) is 0.748. The van der Waals surface area contributed by atoms with Crippen LogP contribution >= 0.6 is 0 Å². The third-order valence-corrected chi connectivity index (χ3v) is 2.65. The number of hydrogen-bond acceptors (Lipinski definition) is 3. The summed E-state index contributed by atoms with van der Waals surface area (Å²) in [5.41, 5.74) is 1.28.